The lowest BCUT2D eigenvalue weighted by atomic mass is 9.81. The maximum atomic E-state index is 11.7. The van der Waals surface area contributed by atoms with E-state index in [1.165, 1.54) is 11.1 Å². The van der Waals surface area contributed by atoms with E-state index in [4.69, 9.17) is 4.74 Å². The third kappa shape index (κ3) is 3.09. The average Bonchev–Trinajstić information content (AvgIpc) is 3.03. The van der Waals surface area contributed by atoms with E-state index in [0.717, 1.165) is 51.1 Å². The van der Waals surface area contributed by atoms with Crippen LogP contribution in [-0.2, 0) is 4.79 Å². The highest BCUT2D eigenvalue weighted by Gasteiger charge is 2.54. The third-order valence-electron chi connectivity index (χ3n) is 5.64. The number of hydrogen-bond donors (Lipinski definition) is 1. The molecule has 2 aliphatic rings. The lowest BCUT2D eigenvalue weighted by molar-refractivity contribution is -0.149. The van der Waals surface area contributed by atoms with Crippen molar-refractivity contribution in [1.29, 1.82) is 0 Å². The summed E-state index contributed by atoms with van der Waals surface area (Å²) < 4.78 is 5.95. The molecule has 4 nitrogen and oxygen atoms in total. The molecule has 0 unspecified atom stereocenters. The molecule has 1 aromatic rings. The molecular weight excluding hydrogens is 290 g/mol. The number of benzene rings is 1. The molecule has 1 saturated heterocycles. The normalized spacial score (nSPS) is 27.1. The first-order valence-corrected chi connectivity index (χ1v) is 8.68. The second kappa shape index (κ2) is 6.52. The quantitative estimate of drug-likeness (QED) is 0.818. The van der Waals surface area contributed by atoms with Gasteiger partial charge in [-0.1, -0.05) is 24.6 Å². The fourth-order valence-electron chi connectivity index (χ4n) is 4.40. The van der Waals surface area contributed by atoms with Crippen molar-refractivity contribution in [2.75, 3.05) is 26.2 Å². The Morgan fingerprint density at radius 3 is 2.78 bits per heavy atom. The number of nitrogens with zero attached hydrogens (tertiary/aromatic N) is 1. The van der Waals surface area contributed by atoms with Crippen molar-refractivity contribution < 1.29 is 14.6 Å². The molecule has 1 saturated carbocycles. The molecule has 4 heteroatoms. The molecule has 3 rings (SSSR count). The molecule has 0 bridgehead atoms. The zero-order chi connectivity index (χ0) is 16.4. The monoisotopic (exact) mass is 317 g/mol. The molecule has 2 atom stereocenters. The van der Waals surface area contributed by atoms with Crippen molar-refractivity contribution in [3.63, 3.8) is 0 Å². The lowest BCUT2D eigenvalue weighted by Crippen LogP contribution is -2.36. The maximum Gasteiger partial charge on any atom is 0.311 e. The summed E-state index contributed by atoms with van der Waals surface area (Å²) in [6, 6.07) is 6.19. The molecule has 1 aliphatic carbocycles. The van der Waals surface area contributed by atoms with E-state index in [2.05, 4.69) is 30.9 Å². The number of carboxylic acid groups (broad SMARTS) is 1. The van der Waals surface area contributed by atoms with Gasteiger partial charge in [-0.25, -0.2) is 0 Å². The largest absolute Gasteiger partial charge is 0.493 e. The van der Waals surface area contributed by atoms with E-state index in [9.17, 15) is 9.90 Å². The van der Waals surface area contributed by atoms with Crippen LogP contribution in [0.1, 0.15) is 36.8 Å². The summed E-state index contributed by atoms with van der Waals surface area (Å²) in [7, 11) is 0. The number of hydrogen-bond acceptors (Lipinski definition) is 3. The van der Waals surface area contributed by atoms with Gasteiger partial charge in [0.2, 0.25) is 0 Å². The van der Waals surface area contributed by atoms with Crippen LogP contribution < -0.4 is 4.74 Å². The first-order chi connectivity index (χ1) is 11.0. The molecule has 2 fully saturated rings. The Balaban J connectivity index is 1.48. The molecule has 1 N–H and O–H groups in total. The molecule has 1 heterocycles. The smallest absolute Gasteiger partial charge is 0.311 e. The molecule has 1 aromatic carbocycles. The molecule has 23 heavy (non-hydrogen) atoms. The summed E-state index contributed by atoms with van der Waals surface area (Å²) in [5.41, 5.74) is 1.88. The molecule has 0 spiro atoms. The van der Waals surface area contributed by atoms with Crippen molar-refractivity contribution in [2.45, 2.75) is 39.5 Å². The molecule has 0 aromatic heterocycles. The van der Waals surface area contributed by atoms with Crippen LogP contribution >= 0.6 is 0 Å². The number of para-hydroxylation sites is 1. The van der Waals surface area contributed by atoms with Gasteiger partial charge in [0.15, 0.2) is 0 Å². The highest BCUT2D eigenvalue weighted by Crippen LogP contribution is 2.48. The van der Waals surface area contributed by atoms with Crippen LogP contribution in [-0.4, -0.2) is 42.2 Å². The minimum atomic E-state index is -0.589. The van der Waals surface area contributed by atoms with E-state index in [-0.39, 0.29) is 0 Å². The molecule has 0 amide bonds. The van der Waals surface area contributed by atoms with Crippen LogP contribution in [0.4, 0.5) is 0 Å². The number of carbonyl (C=O) groups is 1. The van der Waals surface area contributed by atoms with Gasteiger partial charge >= 0.3 is 5.97 Å². The Morgan fingerprint density at radius 2 is 2.13 bits per heavy atom. The summed E-state index contributed by atoms with van der Waals surface area (Å²) in [5, 5.41) is 9.62. The first-order valence-electron chi connectivity index (χ1n) is 8.68. The SMILES string of the molecule is Cc1cccc(C)c1OCCCN1C[C@@H]2CCC[C@@]2(C(=O)O)C1. The van der Waals surface area contributed by atoms with Crippen molar-refractivity contribution in [2.24, 2.45) is 11.3 Å². The van der Waals surface area contributed by atoms with Crippen molar-refractivity contribution in [3.05, 3.63) is 29.3 Å². The van der Waals surface area contributed by atoms with E-state index in [1.807, 2.05) is 6.07 Å². The first kappa shape index (κ1) is 16.3. The number of likely N-dealkylation sites (tertiary alicyclic amines) is 1. The number of rotatable bonds is 6. The number of ether oxygens (including phenoxy) is 1. The van der Waals surface area contributed by atoms with Gasteiger partial charge in [0.05, 0.1) is 12.0 Å². The predicted molar refractivity (Wildman–Crippen MR) is 89.9 cm³/mol. The van der Waals surface area contributed by atoms with Gasteiger partial charge in [0, 0.05) is 19.6 Å². The Hall–Kier alpha value is -1.55. The van der Waals surface area contributed by atoms with E-state index in [1.54, 1.807) is 0 Å². The van der Waals surface area contributed by atoms with Crippen LogP contribution in [0.25, 0.3) is 0 Å². The Bertz CT molecular complexity index is 566. The summed E-state index contributed by atoms with van der Waals surface area (Å²) >= 11 is 0. The van der Waals surface area contributed by atoms with Crippen LogP contribution in [0.3, 0.4) is 0 Å². The summed E-state index contributed by atoms with van der Waals surface area (Å²) in [6.07, 6.45) is 3.93. The molecule has 126 valence electrons. The van der Waals surface area contributed by atoms with Crippen molar-refractivity contribution in [3.8, 4) is 5.75 Å². The number of aryl methyl sites for hydroxylation is 2. The zero-order valence-electron chi connectivity index (χ0n) is 14.2. The highest BCUT2D eigenvalue weighted by molar-refractivity contribution is 5.76. The summed E-state index contributed by atoms with van der Waals surface area (Å²) in [6.45, 7) is 7.41. The van der Waals surface area contributed by atoms with Crippen molar-refractivity contribution >= 4 is 5.97 Å². The average molecular weight is 317 g/mol. The standard InChI is InChI=1S/C19H27NO3/c1-14-6-3-7-15(2)17(14)23-11-5-10-20-12-16-8-4-9-19(16,13-20)18(21)22/h3,6-7,16H,4-5,8-13H2,1-2H3,(H,21,22)/t16-,19+/m0/s1. The van der Waals surface area contributed by atoms with E-state index in [0.29, 0.717) is 12.5 Å². The maximum absolute atomic E-state index is 11.7. The molecule has 0 radical (unpaired) electrons. The lowest BCUT2D eigenvalue weighted by Gasteiger charge is -2.23. The summed E-state index contributed by atoms with van der Waals surface area (Å²) in [5.74, 6) is 0.751. The van der Waals surface area contributed by atoms with Gasteiger partial charge in [-0.3, -0.25) is 4.79 Å². The van der Waals surface area contributed by atoms with Gasteiger partial charge in [-0.2, -0.15) is 0 Å². The van der Waals surface area contributed by atoms with Crippen LogP contribution in [0.2, 0.25) is 0 Å². The number of aliphatic carboxylic acids is 1. The minimum Gasteiger partial charge on any atom is -0.493 e. The topological polar surface area (TPSA) is 49.8 Å². The van der Waals surface area contributed by atoms with E-state index >= 15 is 0 Å². The van der Waals surface area contributed by atoms with E-state index < -0.39 is 11.4 Å². The third-order valence-corrected chi connectivity index (χ3v) is 5.64. The second-order valence-corrected chi connectivity index (χ2v) is 7.21. The van der Waals surface area contributed by atoms with Gasteiger partial charge in [-0.05, 0) is 50.2 Å². The Kier molecular flexibility index (Phi) is 4.62. The van der Waals surface area contributed by atoms with Crippen molar-refractivity contribution in [1.82, 2.24) is 4.90 Å². The fraction of sp³-hybridized carbons (Fsp3) is 0.632. The van der Waals surface area contributed by atoms with Gasteiger partial charge < -0.3 is 14.7 Å². The van der Waals surface area contributed by atoms with Gasteiger partial charge in [-0.15, -0.1) is 0 Å². The minimum absolute atomic E-state index is 0.347. The molecule has 1 aliphatic heterocycles. The number of carboxylic acids is 1. The fourth-order valence-corrected chi connectivity index (χ4v) is 4.40. The van der Waals surface area contributed by atoms with Gasteiger partial charge in [0.25, 0.3) is 0 Å². The number of fused-ring (bicyclic) bond motifs is 1. The van der Waals surface area contributed by atoms with Crippen LogP contribution in [0, 0.1) is 25.2 Å². The Labute approximate surface area is 138 Å². The van der Waals surface area contributed by atoms with Crippen LogP contribution in [0.15, 0.2) is 18.2 Å². The predicted octanol–water partition coefficient (Wildman–Crippen LogP) is 3.26. The molecular formula is C19H27NO3. The van der Waals surface area contributed by atoms with Gasteiger partial charge in [0.1, 0.15) is 5.75 Å². The summed E-state index contributed by atoms with van der Waals surface area (Å²) in [4.78, 5) is 14.0. The zero-order valence-corrected chi connectivity index (χ0v) is 14.2. The highest BCUT2D eigenvalue weighted by atomic mass is 16.5. The second-order valence-electron chi connectivity index (χ2n) is 7.21. The Morgan fingerprint density at radius 1 is 1.39 bits per heavy atom. The van der Waals surface area contributed by atoms with Crippen LogP contribution in [0.5, 0.6) is 5.75 Å².